The summed E-state index contributed by atoms with van der Waals surface area (Å²) in [7, 11) is -3.55. The highest BCUT2D eigenvalue weighted by Crippen LogP contribution is 2.23. The van der Waals surface area contributed by atoms with Gasteiger partial charge in [0.25, 0.3) is 5.56 Å². The summed E-state index contributed by atoms with van der Waals surface area (Å²) in [5.74, 6) is 0.656. The van der Waals surface area contributed by atoms with Gasteiger partial charge in [0.05, 0.1) is 10.6 Å². The van der Waals surface area contributed by atoms with Gasteiger partial charge in [-0.1, -0.05) is 35.4 Å². The highest BCUT2D eigenvalue weighted by Gasteiger charge is 2.30. The second-order valence-electron chi connectivity index (χ2n) is 7.94. The van der Waals surface area contributed by atoms with Gasteiger partial charge in [-0.3, -0.25) is 4.79 Å². The van der Waals surface area contributed by atoms with Crippen molar-refractivity contribution in [2.75, 3.05) is 31.1 Å². The first kappa shape index (κ1) is 21.3. The van der Waals surface area contributed by atoms with Crippen LogP contribution >= 0.6 is 0 Å². The van der Waals surface area contributed by atoms with E-state index in [1.807, 2.05) is 62.1 Å². The summed E-state index contributed by atoms with van der Waals surface area (Å²) in [6.07, 6.45) is 0. The second kappa shape index (κ2) is 8.28. The van der Waals surface area contributed by atoms with Crippen molar-refractivity contribution >= 4 is 15.8 Å². The quantitative estimate of drug-likeness (QED) is 0.626. The number of anilines is 1. The number of aryl methyl sites for hydroxylation is 3. The van der Waals surface area contributed by atoms with E-state index in [2.05, 4.69) is 5.10 Å². The van der Waals surface area contributed by atoms with Crippen molar-refractivity contribution in [2.24, 2.45) is 0 Å². The summed E-state index contributed by atoms with van der Waals surface area (Å²) in [4.78, 5) is 14.7. The molecule has 7 nitrogen and oxygen atoms in total. The van der Waals surface area contributed by atoms with Crippen LogP contribution in [0.15, 0.2) is 64.3 Å². The number of aromatic nitrogens is 2. The monoisotopic (exact) mass is 438 g/mol. The number of hydrogen-bond acceptors (Lipinski definition) is 5. The van der Waals surface area contributed by atoms with Crippen LogP contribution in [0.5, 0.6) is 0 Å². The Bertz CT molecular complexity index is 1260. The van der Waals surface area contributed by atoms with E-state index in [0.29, 0.717) is 42.6 Å². The molecule has 4 rings (SSSR count). The van der Waals surface area contributed by atoms with Gasteiger partial charge in [-0.15, -0.1) is 5.10 Å². The lowest BCUT2D eigenvalue weighted by Gasteiger charge is -2.34. The Labute approximate surface area is 182 Å². The van der Waals surface area contributed by atoms with Crippen molar-refractivity contribution in [3.8, 4) is 5.69 Å². The highest BCUT2D eigenvalue weighted by atomic mass is 32.2. The van der Waals surface area contributed by atoms with E-state index < -0.39 is 10.0 Å². The summed E-state index contributed by atoms with van der Waals surface area (Å²) in [6.45, 7) is 7.50. The predicted molar refractivity (Wildman–Crippen MR) is 121 cm³/mol. The minimum Gasteiger partial charge on any atom is -0.353 e. The summed E-state index contributed by atoms with van der Waals surface area (Å²) in [6, 6.07) is 16.2. The van der Waals surface area contributed by atoms with Gasteiger partial charge < -0.3 is 4.90 Å². The van der Waals surface area contributed by atoms with Crippen molar-refractivity contribution in [3.05, 3.63) is 81.6 Å². The highest BCUT2D eigenvalue weighted by molar-refractivity contribution is 7.89. The molecule has 0 radical (unpaired) electrons. The van der Waals surface area contributed by atoms with Gasteiger partial charge in [0.1, 0.15) is 5.82 Å². The molecule has 0 N–H and O–H groups in total. The molecule has 0 bridgehead atoms. The summed E-state index contributed by atoms with van der Waals surface area (Å²) in [5, 5.41) is 4.53. The fourth-order valence-corrected chi connectivity index (χ4v) is 5.45. The molecule has 1 aliphatic heterocycles. The smallest absolute Gasteiger partial charge is 0.271 e. The van der Waals surface area contributed by atoms with E-state index in [4.69, 9.17) is 0 Å². The lowest BCUT2D eigenvalue weighted by Crippen LogP contribution is -2.49. The number of rotatable bonds is 4. The molecule has 0 unspecified atom stereocenters. The molecule has 3 aromatic rings. The molecule has 8 heteroatoms. The molecular weight excluding hydrogens is 412 g/mol. The number of hydrogen-bond donors (Lipinski definition) is 0. The van der Waals surface area contributed by atoms with Crippen molar-refractivity contribution in [1.29, 1.82) is 0 Å². The zero-order chi connectivity index (χ0) is 22.2. The molecule has 31 heavy (non-hydrogen) atoms. The van der Waals surface area contributed by atoms with Gasteiger partial charge in [0, 0.05) is 32.2 Å². The average Bonchev–Trinajstić information content (AvgIpc) is 2.75. The van der Waals surface area contributed by atoms with Crippen LogP contribution in [0.2, 0.25) is 0 Å². The zero-order valence-corrected chi connectivity index (χ0v) is 18.8. The minimum absolute atomic E-state index is 0.205. The molecule has 0 amide bonds. The Morgan fingerprint density at radius 1 is 0.806 bits per heavy atom. The van der Waals surface area contributed by atoms with Gasteiger partial charge in [-0.2, -0.15) is 8.99 Å². The van der Waals surface area contributed by atoms with Gasteiger partial charge in [-0.05, 0) is 50.6 Å². The maximum absolute atomic E-state index is 13.1. The number of nitrogens with zero attached hydrogens (tertiary/aromatic N) is 4. The summed E-state index contributed by atoms with van der Waals surface area (Å²) in [5.41, 5.74) is 3.40. The topological polar surface area (TPSA) is 75.5 Å². The lowest BCUT2D eigenvalue weighted by molar-refractivity contribution is 0.383. The van der Waals surface area contributed by atoms with Gasteiger partial charge in [0.15, 0.2) is 0 Å². The first-order chi connectivity index (χ1) is 14.8. The van der Waals surface area contributed by atoms with Gasteiger partial charge in [0.2, 0.25) is 10.0 Å². The number of piperazine rings is 1. The molecule has 2 aromatic carbocycles. The van der Waals surface area contributed by atoms with Crippen LogP contribution in [0.25, 0.3) is 5.69 Å². The Kier molecular flexibility index (Phi) is 5.68. The van der Waals surface area contributed by atoms with E-state index in [9.17, 15) is 13.2 Å². The molecule has 1 aliphatic rings. The Balaban J connectivity index is 1.53. The maximum atomic E-state index is 13.1. The zero-order valence-electron chi connectivity index (χ0n) is 17.9. The molecule has 162 valence electrons. The minimum atomic E-state index is -3.55. The van der Waals surface area contributed by atoms with Crippen LogP contribution in [0.3, 0.4) is 0 Å². The summed E-state index contributed by atoms with van der Waals surface area (Å²) < 4.78 is 29.1. The van der Waals surface area contributed by atoms with Crippen LogP contribution in [0.1, 0.15) is 16.7 Å². The fourth-order valence-electron chi connectivity index (χ4n) is 3.83. The third-order valence-corrected chi connectivity index (χ3v) is 7.63. The molecule has 1 fully saturated rings. The van der Waals surface area contributed by atoms with E-state index in [1.165, 1.54) is 15.1 Å². The Morgan fingerprint density at radius 2 is 1.45 bits per heavy atom. The lowest BCUT2D eigenvalue weighted by atomic mass is 10.2. The standard InChI is InChI=1S/C23H26N4O3S/c1-17-4-7-20(8-5-17)27-23(28)11-10-22(24-27)25-12-14-26(15-13-25)31(29,30)21-9-6-18(2)16-19(21)3/h4-11,16H,12-15H2,1-3H3. The molecule has 2 heterocycles. The fraction of sp³-hybridized carbons (Fsp3) is 0.304. The van der Waals surface area contributed by atoms with Crippen LogP contribution in [0.4, 0.5) is 5.82 Å². The molecule has 0 atom stereocenters. The Hall–Kier alpha value is -2.97. The van der Waals surface area contributed by atoms with E-state index >= 15 is 0 Å². The molecule has 0 saturated carbocycles. The first-order valence-corrected chi connectivity index (χ1v) is 11.7. The number of benzene rings is 2. The van der Waals surface area contributed by atoms with E-state index in [-0.39, 0.29) is 5.56 Å². The maximum Gasteiger partial charge on any atom is 0.271 e. The van der Waals surface area contributed by atoms with Crippen molar-refractivity contribution in [1.82, 2.24) is 14.1 Å². The van der Waals surface area contributed by atoms with E-state index in [1.54, 1.807) is 12.1 Å². The average molecular weight is 439 g/mol. The number of sulfonamides is 1. The molecular formula is C23H26N4O3S. The Morgan fingerprint density at radius 3 is 2.10 bits per heavy atom. The second-order valence-corrected chi connectivity index (χ2v) is 9.84. The first-order valence-electron chi connectivity index (χ1n) is 10.3. The third kappa shape index (κ3) is 4.26. The molecule has 0 spiro atoms. The molecule has 1 aromatic heterocycles. The molecule has 0 aliphatic carbocycles. The van der Waals surface area contributed by atoms with Crippen LogP contribution in [-0.4, -0.2) is 48.7 Å². The SMILES string of the molecule is Cc1ccc(-n2nc(N3CCN(S(=O)(=O)c4ccc(C)cc4C)CC3)ccc2=O)cc1. The van der Waals surface area contributed by atoms with Crippen molar-refractivity contribution < 1.29 is 8.42 Å². The van der Waals surface area contributed by atoms with Crippen LogP contribution < -0.4 is 10.5 Å². The van der Waals surface area contributed by atoms with Crippen LogP contribution in [-0.2, 0) is 10.0 Å². The normalized spacial score (nSPS) is 15.3. The predicted octanol–water partition coefficient (Wildman–Crippen LogP) is 2.67. The third-order valence-electron chi connectivity index (χ3n) is 5.58. The van der Waals surface area contributed by atoms with Gasteiger partial charge in [-0.25, -0.2) is 8.42 Å². The van der Waals surface area contributed by atoms with E-state index in [0.717, 1.165) is 16.7 Å². The largest absolute Gasteiger partial charge is 0.353 e. The van der Waals surface area contributed by atoms with Crippen molar-refractivity contribution in [3.63, 3.8) is 0 Å². The van der Waals surface area contributed by atoms with Crippen LogP contribution in [0, 0.1) is 20.8 Å². The summed E-state index contributed by atoms with van der Waals surface area (Å²) >= 11 is 0. The molecule has 1 saturated heterocycles. The van der Waals surface area contributed by atoms with Gasteiger partial charge >= 0.3 is 0 Å². The van der Waals surface area contributed by atoms with Crippen molar-refractivity contribution in [2.45, 2.75) is 25.7 Å².